The fourth-order valence-electron chi connectivity index (χ4n) is 2.56. The van der Waals surface area contributed by atoms with Crippen LogP contribution in [-0.4, -0.2) is 58.9 Å². The summed E-state index contributed by atoms with van der Waals surface area (Å²) in [7, 11) is 0. The molecular weight excluding hydrogens is 399 g/mol. The second-order valence-corrected chi connectivity index (χ2v) is 9.25. The Balaban J connectivity index is 0. The molecule has 2 atom stereocenters. The van der Waals surface area contributed by atoms with Crippen molar-refractivity contribution in [1.82, 2.24) is 0 Å². The Morgan fingerprint density at radius 3 is 1.29 bits per heavy atom. The van der Waals surface area contributed by atoms with E-state index >= 15 is 0 Å². The molecule has 0 spiro atoms. The smallest absolute Gasteiger partial charge is 0 e. The molecule has 0 aliphatic heterocycles. The minimum absolute atomic E-state index is 0. The molecule has 28 heavy (non-hydrogen) atoms. The van der Waals surface area contributed by atoms with E-state index in [0.29, 0.717) is 23.2 Å². The average molecular weight is 445 g/mol. The summed E-state index contributed by atoms with van der Waals surface area (Å²) in [4.78, 5) is 1.33. The minimum Gasteiger partial charge on any atom is 0 e. The van der Waals surface area contributed by atoms with Crippen LogP contribution in [0.1, 0.15) is 91.9 Å². The van der Waals surface area contributed by atoms with Crippen molar-refractivity contribution in [3.05, 3.63) is 0 Å². The number of hydrogen-bond acceptors (Lipinski definition) is 4. The minimum atomic E-state index is 0. The number of rotatable bonds is 22. The average Bonchev–Trinajstić information content (AvgIpc) is 2.65. The van der Waals surface area contributed by atoms with E-state index in [1.54, 1.807) is 0 Å². The first-order valence-corrected chi connectivity index (χ1v) is 12.1. The van der Waals surface area contributed by atoms with Gasteiger partial charge in [-0.1, -0.05) is 0 Å². The zero-order valence-corrected chi connectivity index (χ0v) is 20.3. The Hall–Kier alpha value is 0.957. The van der Waals surface area contributed by atoms with Crippen LogP contribution in [0.25, 0.3) is 0 Å². The van der Waals surface area contributed by atoms with Crippen molar-refractivity contribution in [2.45, 2.75) is 102 Å². The fraction of sp³-hybridized carbons (Fsp3) is 1.00. The topological polar surface area (TPSA) is 36.9 Å². The van der Waals surface area contributed by atoms with Crippen molar-refractivity contribution in [1.29, 1.82) is 0 Å². The van der Waals surface area contributed by atoms with Crippen LogP contribution >= 0.6 is 0 Å². The number of hydrogen-bond donors (Lipinski definition) is 0. The van der Waals surface area contributed by atoms with E-state index in [1.807, 2.05) is 0 Å². The van der Waals surface area contributed by atoms with Crippen LogP contribution < -0.4 is 0 Å². The van der Waals surface area contributed by atoms with E-state index in [9.17, 15) is 0 Å². The molecule has 0 bridgehead atoms. The zero-order chi connectivity index (χ0) is 20.0. The summed E-state index contributed by atoms with van der Waals surface area (Å²) >= 11 is 2.18. The molecule has 4 nitrogen and oxygen atoms in total. The summed E-state index contributed by atoms with van der Waals surface area (Å²) < 4.78 is 22.0. The van der Waals surface area contributed by atoms with Gasteiger partial charge in [0.1, 0.15) is 0 Å². The van der Waals surface area contributed by atoms with Gasteiger partial charge in [0.05, 0.1) is 0 Å². The maximum atomic E-state index is 5.54. The standard InChI is InChI=1S/2C11H23O2.Cu.Li/c2*1-3-5-7-9-12-11-13-10-8-6-4-2;;/h2*3H,4-11H2,1-2H3;;. The predicted octanol–water partition coefficient (Wildman–Crippen LogP) is 6.23. The SMILES string of the molecule is CCCCCOCOCCC[CH](C)[Cu][CH](C)CCCOCOCCCCC.[Li]. The summed E-state index contributed by atoms with van der Waals surface area (Å²) in [6.45, 7) is 13.2. The van der Waals surface area contributed by atoms with Crippen LogP contribution in [0.3, 0.4) is 0 Å². The molecule has 0 aromatic heterocycles. The van der Waals surface area contributed by atoms with Crippen LogP contribution in [0.2, 0.25) is 9.63 Å². The quantitative estimate of drug-likeness (QED) is 0.113. The van der Waals surface area contributed by atoms with Gasteiger partial charge in [-0.15, -0.1) is 0 Å². The van der Waals surface area contributed by atoms with E-state index in [1.165, 1.54) is 38.5 Å². The summed E-state index contributed by atoms with van der Waals surface area (Å²) in [6.07, 6.45) is 11.8. The molecule has 0 fully saturated rings. The van der Waals surface area contributed by atoms with E-state index in [0.717, 1.165) is 52.1 Å². The second kappa shape index (κ2) is 26.0. The zero-order valence-electron chi connectivity index (χ0n) is 19.4. The monoisotopic (exact) mass is 444 g/mol. The third kappa shape index (κ3) is 25.0. The van der Waals surface area contributed by atoms with Crippen LogP contribution in [0.4, 0.5) is 0 Å². The normalized spacial score (nSPS) is 13.4. The summed E-state index contributed by atoms with van der Waals surface area (Å²) in [6, 6.07) is 0. The molecule has 0 saturated heterocycles. The third-order valence-electron chi connectivity index (χ3n) is 4.20. The molecule has 6 heteroatoms. The molecular formula is C22H46CuLiO4. The summed E-state index contributed by atoms with van der Waals surface area (Å²) in [5.74, 6) is 0. The first kappa shape index (κ1) is 31.1. The van der Waals surface area contributed by atoms with Gasteiger partial charge in [0.2, 0.25) is 0 Å². The van der Waals surface area contributed by atoms with Crippen molar-refractivity contribution in [3.8, 4) is 0 Å². The number of unbranched alkanes of at least 4 members (excludes halogenated alkanes) is 4. The Morgan fingerprint density at radius 2 is 0.929 bits per heavy atom. The van der Waals surface area contributed by atoms with Gasteiger partial charge in [0.15, 0.2) is 0 Å². The summed E-state index contributed by atoms with van der Waals surface area (Å²) in [5, 5.41) is 0. The Bertz CT molecular complexity index is 259. The van der Waals surface area contributed by atoms with Crippen LogP contribution in [-0.2, 0) is 33.9 Å². The molecule has 170 valence electrons. The van der Waals surface area contributed by atoms with Gasteiger partial charge in [0, 0.05) is 18.9 Å². The molecule has 2 unspecified atom stereocenters. The van der Waals surface area contributed by atoms with Crippen LogP contribution in [0, 0.1) is 0 Å². The molecule has 0 amide bonds. The predicted molar refractivity (Wildman–Crippen MR) is 116 cm³/mol. The first-order chi connectivity index (χ1) is 13.2. The Labute approximate surface area is 193 Å². The van der Waals surface area contributed by atoms with E-state index < -0.39 is 0 Å². The van der Waals surface area contributed by atoms with Gasteiger partial charge in [-0.2, -0.15) is 0 Å². The van der Waals surface area contributed by atoms with Crippen LogP contribution in [0.5, 0.6) is 0 Å². The molecule has 1 radical (unpaired) electrons. The van der Waals surface area contributed by atoms with Crippen molar-refractivity contribution in [2.24, 2.45) is 0 Å². The fourth-order valence-corrected chi connectivity index (χ4v) is 4.17. The Kier molecular flexibility index (Phi) is 28.9. The van der Waals surface area contributed by atoms with Crippen LogP contribution in [0.15, 0.2) is 0 Å². The molecule has 0 heterocycles. The molecule has 0 rings (SSSR count). The maximum absolute atomic E-state index is 5.54. The number of ether oxygens (including phenoxy) is 4. The van der Waals surface area contributed by atoms with E-state index in [2.05, 4.69) is 42.7 Å². The molecule has 0 aromatic carbocycles. The van der Waals surface area contributed by atoms with Gasteiger partial charge in [-0.05, 0) is 0 Å². The van der Waals surface area contributed by atoms with Gasteiger partial charge in [0.25, 0.3) is 0 Å². The molecule has 0 aliphatic carbocycles. The van der Waals surface area contributed by atoms with Gasteiger partial charge in [-0.3, -0.25) is 0 Å². The molecule has 0 aliphatic rings. The van der Waals surface area contributed by atoms with Crippen molar-refractivity contribution >= 4 is 18.9 Å². The first-order valence-electron chi connectivity index (χ1n) is 11.0. The summed E-state index contributed by atoms with van der Waals surface area (Å²) in [5.41, 5.74) is 0. The second-order valence-electron chi connectivity index (χ2n) is 7.08. The van der Waals surface area contributed by atoms with Gasteiger partial charge < -0.3 is 0 Å². The van der Waals surface area contributed by atoms with Crippen molar-refractivity contribution in [2.75, 3.05) is 40.0 Å². The Morgan fingerprint density at radius 1 is 0.571 bits per heavy atom. The molecule has 0 saturated carbocycles. The van der Waals surface area contributed by atoms with E-state index in [4.69, 9.17) is 18.9 Å². The molecule has 0 aromatic rings. The van der Waals surface area contributed by atoms with Crippen molar-refractivity contribution in [3.63, 3.8) is 0 Å². The van der Waals surface area contributed by atoms with Crippen molar-refractivity contribution < 1.29 is 33.9 Å². The third-order valence-corrected chi connectivity index (χ3v) is 5.81. The van der Waals surface area contributed by atoms with Gasteiger partial charge >= 0.3 is 175 Å². The van der Waals surface area contributed by atoms with E-state index in [-0.39, 0.29) is 18.9 Å². The molecule has 0 N–H and O–H groups in total. The van der Waals surface area contributed by atoms with Gasteiger partial charge in [-0.25, -0.2) is 0 Å².